The number of methoxy groups -OCH3 is 1. The first-order chi connectivity index (χ1) is 14.5. The van der Waals surface area contributed by atoms with E-state index >= 15 is 0 Å². The molecule has 0 aliphatic rings. The smallest absolute Gasteiger partial charge is 0.147 e. The molecule has 152 valence electrons. The molecule has 0 aliphatic carbocycles. The summed E-state index contributed by atoms with van der Waals surface area (Å²) in [7, 11) is 1.61. The molecule has 4 aromatic rings. The van der Waals surface area contributed by atoms with E-state index in [0.717, 1.165) is 27.9 Å². The van der Waals surface area contributed by atoms with Gasteiger partial charge in [-0.05, 0) is 55.3 Å². The Bertz CT molecular complexity index is 1210. The van der Waals surface area contributed by atoms with Gasteiger partial charge in [-0.15, -0.1) is 0 Å². The lowest BCUT2D eigenvalue weighted by atomic mass is 9.95. The molecule has 3 aromatic carbocycles. The number of nitrogens with zero attached hydrogens (tertiary/aromatic N) is 1. The number of aryl methyl sites for hydroxylation is 2. The molecule has 2 N–H and O–H groups in total. The van der Waals surface area contributed by atoms with E-state index in [1.165, 1.54) is 12.1 Å². The summed E-state index contributed by atoms with van der Waals surface area (Å²) in [5, 5.41) is 15.4. The van der Waals surface area contributed by atoms with E-state index in [-0.39, 0.29) is 11.6 Å². The zero-order valence-electron chi connectivity index (χ0n) is 17.1. The van der Waals surface area contributed by atoms with E-state index in [4.69, 9.17) is 4.74 Å². The van der Waals surface area contributed by atoms with Crippen LogP contribution in [-0.2, 0) is 0 Å². The van der Waals surface area contributed by atoms with Gasteiger partial charge < -0.3 is 15.2 Å². The molecule has 5 heteroatoms. The Balaban J connectivity index is 1.88. The third kappa shape index (κ3) is 3.79. The Morgan fingerprint density at radius 1 is 0.967 bits per heavy atom. The van der Waals surface area contributed by atoms with Gasteiger partial charge >= 0.3 is 0 Å². The first-order valence-electron chi connectivity index (χ1n) is 9.72. The number of aromatic nitrogens is 1. The molecule has 1 heterocycles. The minimum atomic E-state index is -0.437. The summed E-state index contributed by atoms with van der Waals surface area (Å²) in [5.74, 6) is 0.470. The maximum Gasteiger partial charge on any atom is 0.147 e. The second kappa shape index (κ2) is 8.03. The third-order valence-electron chi connectivity index (χ3n) is 5.18. The highest BCUT2D eigenvalue weighted by atomic mass is 19.1. The van der Waals surface area contributed by atoms with E-state index in [2.05, 4.69) is 10.3 Å². The summed E-state index contributed by atoms with van der Waals surface area (Å²) >= 11 is 0. The fourth-order valence-corrected chi connectivity index (χ4v) is 3.61. The highest BCUT2D eigenvalue weighted by Gasteiger charge is 2.21. The summed E-state index contributed by atoms with van der Waals surface area (Å²) in [6, 6.07) is 19.3. The van der Waals surface area contributed by atoms with Crippen molar-refractivity contribution in [3.8, 4) is 11.5 Å². The number of rotatable bonds is 5. The number of fused-ring (bicyclic) bond motifs is 1. The summed E-state index contributed by atoms with van der Waals surface area (Å²) in [6.07, 6.45) is 0. The topological polar surface area (TPSA) is 54.4 Å². The second-order valence-corrected chi connectivity index (χ2v) is 7.36. The highest BCUT2D eigenvalue weighted by molar-refractivity contribution is 5.86. The molecule has 0 aliphatic heterocycles. The summed E-state index contributed by atoms with van der Waals surface area (Å²) in [4.78, 5) is 4.52. The number of halogens is 1. The molecule has 1 unspecified atom stereocenters. The highest BCUT2D eigenvalue weighted by Crippen LogP contribution is 2.38. The number of phenolic OH excluding ortho intramolecular Hbond substituents is 1. The van der Waals surface area contributed by atoms with Gasteiger partial charge in [-0.3, -0.25) is 0 Å². The number of benzene rings is 3. The fraction of sp³-hybridized carbons (Fsp3) is 0.160. The lowest BCUT2D eigenvalue weighted by Crippen LogP contribution is -2.14. The number of hydrogen-bond acceptors (Lipinski definition) is 4. The van der Waals surface area contributed by atoms with E-state index in [0.29, 0.717) is 16.8 Å². The Labute approximate surface area is 175 Å². The van der Waals surface area contributed by atoms with Crippen molar-refractivity contribution in [2.75, 3.05) is 12.4 Å². The Kier molecular flexibility index (Phi) is 5.27. The SMILES string of the molecule is COc1ccc(C)cc1NC(c1ccc(F)cc1)c1ccc2ccc(C)nc2c1O. The van der Waals surface area contributed by atoms with Crippen LogP contribution in [0.2, 0.25) is 0 Å². The van der Waals surface area contributed by atoms with Crippen molar-refractivity contribution < 1.29 is 14.2 Å². The third-order valence-corrected chi connectivity index (χ3v) is 5.18. The predicted molar refractivity (Wildman–Crippen MR) is 118 cm³/mol. The number of phenols is 1. The first kappa shape index (κ1) is 19.7. The van der Waals surface area contributed by atoms with Crippen LogP contribution >= 0.6 is 0 Å². The number of ether oxygens (including phenoxy) is 1. The van der Waals surface area contributed by atoms with Gasteiger partial charge in [0.1, 0.15) is 22.8 Å². The number of anilines is 1. The van der Waals surface area contributed by atoms with Crippen LogP contribution in [0.5, 0.6) is 11.5 Å². The van der Waals surface area contributed by atoms with Gasteiger partial charge in [0.15, 0.2) is 0 Å². The molecular formula is C25H23FN2O2. The molecule has 0 saturated carbocycles. The Hall–Kier alpha value is -3.60. The molecule has 0 amide bonds. The summed E-state index contributed by atoms with van der Waals surface area (Å²) < 4.78 is 19.1. The first-order valence-corrected chi connectivity index (χ1v) is 9.72. The van der Waals surface area contributed by atoms with Crippen LogP contribution in [0.4, 0.5) is 10.1 Å². The lowest BCUT2D eigenvalue weighted by molar-refractivity contribution is 0.416. The van der Waals surface area contributed by atoms with Crippen molar-refractivity contribution >= 4 is 16.6 Å². The normalized spacial score (nSPS) is 12.0. The number of nitrogens with one attached hydrogen (secondary N) is 1. The standard InChI is InChI=1S/C25H23FN2O2/c1-15-4-13-22(30-3)21(14-15)28-23(17-7-10-19(26)11-8-17)20-12-9-18-6-5-16(2)27-24(18)25(20)29/h4-14,23,28-29H,1-3H3. The maximum atomic E-state index is 13.6. The Morgan fingerprint density at radius 2 is 1.70 bits per heavy atom. The average Bonchev–Trinajstić information content (AvgIpc) is 2.74. The van der Waals surface area contributed by atoms with Crippen molar-refractivity contribution in [3.63, 3.8) is 0 Å². The number of aromatic hydroxyl groups is 1. The van der Waals surface area contributed by atoms with E-state index < -0.39 is 6.04 Å². The van der Waals surface area contributed by atoms with Gasteiger partial charge in [-0.25, -0.2) is 9.37 Å². The van der Waals surface area contributed by atoms with E-state index in [9.17, 15) is 9.50 Å². The Morgan fingerprint density at radius 3 is 2.43 bits per heavy atom. The van der Waals surface area contributed by atoms with Gasteiger partial charge in [0.25, 0.3) is 0 Å². The van der Waals surface area contributed by atoms with Crippen LogP contribution in [0.25, 0.3) is 10.9 Å². The van der Waals surface area contributed by atoms with Crippen molar-refractivity contribution in [3.05, 3.63) is 94.9 Å². The molecule has 0 saturated heterocycles. The van der Waals surface area contributed by atoms with Crippen molar-refractivity contribution in [1.82, 2.24) is 4.98 Å². The van der Waals surface area contributed by atoms with Crippen LogP contribution in [0, 0.1) is 19.7 Å². The minimum absolute atomic E-state index is 0.102. The van der Waals surface area contributed by atoms with Crippen LogP contribution in [0.15, 0.2) is 66.7 Å². The van der Waals surface area contributed by atoms with Crippen molar-refractivity contribution in [2.24, 2.45) is 0 Å². The van der Waals surface area contributed by atoms with Crippen LogP contribution in [0.1, 0.15) is 28.4 Å². The molecule has 4 rings (SSSR count). The van der Waals surface area contributed by atoms with Crippen LogP contribution in [0.3, 0.4) is 0 Å². The van der Waals surface area contributed by atoms with Crippen molar-refractivity contribution in [1.29, 1.82) is 0 Å². The van der Waals surface area contributed by atoms with E-state index in [1.54, 1.807) is 19.2 Å². The van der Waals surface area contributed by atoms with Gasteiger partial charge in [0, 0.05) is 16.6 Å². The maximum absolute atomic E-state index is 13.6. The number of pyridine rings is 1. The van der Waals surface area contributed by atoms with Crippen LogP contribution in [-0.4, -0.2) is 17.2 Å². The quantitative estimate of drug-likeness (QED) is 0.436. The minimum Gasteiger partial charge on any atom is -0.505 e. The zero-order chi connectivity index (χ0) is 21.3. The molecule has 0 fully saturated rings. The lowest BCUT2D eigenvalue weighted by Gasteiger charge is -2.24. The largest absolute Gasteiger partial charge is 0.505 e. The summed E-state index contributed by atoms with van der Waals surface area (Å²) in [5.41, 5.74) is 4.66. The van der Waals surface area contributed by atoms with Gasteiger partial charge in [0.2, 0.25) is 0 Å². The van der Waals surface area contributed by atoms with Crippen molar-refractivity contribution in [2.45, 2.75) is 19.9 Å². The molecule has 1 atom stereocenters. The molecule has 0 spiro atoms. The molecule has 30 heavy (non-hydrogen) atoms. The van der Waals surface area contributed by atoms with Gasteiger partial charge in [-0.1, -0.05) is 36.4 Å². The van der Waals surface area contributed by atoms with Gasteiger partial charge in [-0.2, -0.15) is 0 Å². The van der Waals surface area contributed by atoms with Gasteiger partial charge in [0.05, 0.1) is 18.8 Å². The second-order valence-electron chi connectivity index (χ2n) is 7.36. The molecule has 0 radical (unpaired) electrons. The molecular weight excluding hydrogens is 379 g/mol. The monoisotopic (exact) mass is 402 g/mol. The zero-order valence-corrected chi connectivity index (χ0v) is 17.1. The predicted octanol–water partition coefficient (Wildman–Crippen LogP) is 5.91. The average molecular weight is 402 g/mol. The molecule has 1 aromatic heterocycles. The fourth-order valence-electron chi connectivity index (χ4n) is 3.61. The molecule has 0 bridgehead atoms. The number of hydrogen-bond donors (Lipinski definition) is 2. The van der Waals surface area contributed by atoms with Crippen LogP contribution < -0.4 is 10.1 Å². The van der Waals surface area contributed by atoms with E-state index in [1.807, 2.05) is 56.3 Å². The molecule has 4 nitrogen and oxygen atoms in total. The summed E-state index contributed by atoms with van der Waals surface area (Å²) in [6.45, 7) is 3.89.